The molecule has 4 amide bonds. The molecule has 3 rings (SSSR count). The Morgan fingerprint density at radius 3 is 2.28 bits per heavy atom. The zero-order valence-corrected chi connectivity index (χ0v) is 17.3. The summed E-state index contributed by atoms with van der Waals surface area (Å²) in [6.07, 6.45) is -0.153. The van der Waals surface area contributed by atoms with Crippen LogP contribution in [0.25, 0.3) is 0 Å². The van der Waals surface area contributed by atoms with E-state index in [1.807, 2.05) is 6.92 Å². The van der Waals surface area contributed by atoms with Crippen molar-refractivity contribution in [2.75, 3.05) is 13.2 Å². The van der Waals surface area contributed by atoms with Gasteiger partial charge in [-0.3, -0.25) is 45.3 Å². The highest BCUT2D eigenvalue weighted by molar-refractivity contribution is 5.97. The van der Waals surface area contributed by atoms with Crippen LogP contribution in [-0.4, -0.2) is 47.8 Å². The van der Waals surface area contributed by atoms with E-state index < -0.39 is 42.1 Å². The van der Waals surface area contributed by atoms with E-state index >= 15 is 0 Å². The molecule has 32 heavy (non-hydrogen) atoms. The quantitative estimate of drug-likeness (QED) is 0.444. The number of nitrogens with one attached hydrogen (secondary N) is 3. The van der Waals surface area contributed by atoms with E-state index in [0.717, 1.165) is 10.6 Å². The van der Waals surface area contributed by atoms with Crippen molar-refractivity contribution in [1.29, 1.82) is 0 Å². The Morgan fingerprint density at radius 2 is 1.59 bits per heavy atom. The molecule has 1 fully saturated rings. The summed E-state index contributed by atoms with van der Waals surface area (Å²) in [5.41, 5.74) is 8.54. The Labute approximate surface area is 183 Å². The number of ether oxygens (including phenoxy) is 1. The molecule has 3 N–H and O–H groups in total. The van der Waals surface area contributed by atoms with Gasteiger partial charge in [0.25, 0.3) is 17.7 Å². The lowest BCUT2D eigenvalue weighted by Gasteiger charge is -2.17. The summed E-state index contributed by atoms with van der Waals surface area (Å²) in [5, 5.41) is 1.06. The first-order valence-corrected chi connectivity index (χ1v) is 9.82. The van der Waals surface area contributed by atoms with Gasteiger partial charge in [0.1, 0.15) is 0 Å². The number of carbonyl (C=O) groups is 5. The van der Waals surface area contributed by atoms with Crippen LogP contribution in [-0.2, 0) is 19.1 Å². The van der Waals surface area contributed by atoms with E-state index in [-0.39, 0.29) is 13.0 Å². The van der Waals surface area contributed by atoms with Crippen LogP contribution in [0, 0.1) is 12.8 Å². The van der Waals surface area contributed by atoms with Crippen molar-refractivity contribution in [3.63, 3.8) is 0 Å². The van der Waals surface area contributed by atoms with Crippen molar-refractivity contribution in [1.82, 2.24) is 21.3 Å². The van der Waals surface area contributed by atoms with Crippen LogP contribution in [0.3, 0.4) is 0 Å². The maximum atomic E-state index is 12.3. The molecular weight excluding hydrogens is 416 g/mol. The Kier molecular flexibility index (Phi) is 7.17. The van der Waals surface area contributed by atoms with Crippen LogP contribution in [0.15, 0.2) is 54.6 Å². The van der Waals surface area contributed by atoms with Gasteiger partial charge in [-0.15, -0.1) is 0 Å². The molecule has 2 aromatic carbocycles. The number of hydrogen-bond acceptors (Lipinski definition) is 6. The molecule has 0 radical (unpaired) electrons. The zero-order chi connectivity index (χ0) is 23.1. The molecule has 0 saturated carbocycles. The van der Waals surface area contributed by atoms with E-state index in [9.17, 15) is 24.0 Å². The van der Waals surface area contributed by atoms with Gasteiger partial charge in [0, 0.05) is 17.5 Å². The number of aryl methyl sites for hydroxylation is 1. The van der Waals surface area contributed by atoms with E-state index in [2.05, 4.69) is 16.3 Å². The van der Waals surface area contributed by atoms with E-state index in [4.69, 9.17) is 4.74 Å². The van der Waals surface area contributed by atoms with Crippen molar-refractivity contribution in [2.45, 2.75) is 13.3 Å². The van der Waals surface area contributed by atoms with Crippen LogP contribution in [0.5, 0.6) is 0 Å². The third kappa shape index (κ3) is 5.91. The zero-order valence-electron chi connectivity index (χ0n) is 17.3. The third-order valence-corrected chi connectivity index (χ3v) is 4.71. The van der Waals surface area contributed by atoms with Crippen LogP contribution < -0.4 is 16.3 Å². The Balaban J connectivity index is 1.42. The fourth-order valence-corrected chi connectivity index (χ4v) is 2.94. The highest BCUT2D eigenvalue weighted by atomic mass is 16.5. The van der Waals surface area contributed by atoms with Crippen LogP contribution >= 0.6 is 0 Å². The second-order valence-corrected chi connectivity index (χ2v) is 7.19. The van der Waals surface area contributed by atoms with E-state index in [1.165, 1.54) is 0 Å². The average Bonchev–Trinajstić information content (AvgIpc) is 3.17. The van der Waals surface area contributed by atoms with Gasteiger partial charge in [0.2, 0.25) is 5.91 Å². The Hall–Kier alpha value is -4.21. The largest absolute Gasteiger partial charge is 0.455 e. The maximum Gasteiger partial charge on any atom is 0.311 e. The van der Waals surface area contributed by atoms with Gasteiger partial charge in [0.15, 0.2) is 6.61 Å². The minimum absolute atomic E-state index is 0.0678. The number of hydrogen-bond donors (Lipinski definition) is 3. The summed E-state index contributed by atoms with van der Waals surface area (Å²) in [6, 6.07) is 15.0. The first-order valence-electron chi connectivity index (χ1n) is 9.82. The summed E-state index contributed by atoms with van der Waals surface area (Å²) in [6.45, 7) is 1.19. The van der Waals surface area contributed by atoms with Crippen LogP contribution in [0.2, 0.25) is 0 Å². The topological polar surface area (TPSA) is 134 Å². The molecule has 1 heterocycles. The Bertz CT molecular complexity index is 1020. The monoisotopic (exact) mass is 438 g/mol. The molecule has 0 spiro atoms. The smallest absolute Gasteiger partial charge is 0.311 e. The average molecular weight is 438 g/mol. The molecular formula is C22H22N4O6. The van der Waals surface area contributed by atoms with Gasteiger partial charge in [-0.05, 0) is 31.2 Å². The fraction of sp³-hybridized carbons (Fsp3) is 0.227. The standard InChI is InChI=1S/C22H22N4O6/c1-14-7-9-16(10-8-14)21(30)25-26-12-17(11-19(26)28)22(31)32-13-18(27)23-24-20(29)15-5-3-2-4-6-15/h2-10,17H,11-13H2,1H3,(H,23,27)(H,24,29)(H,25,30)/t17-/m0/s1. The molecule has 1 aliphatic heterocycles. The first-order chi connectivity index (χ1) is 15.3. The normalized spacial score (nSPS) is 15.1. The molecule has 10 nitrogen and oxygen atoms in total. The molecule has 0 bridgehead atoms. The predicted molar refractivity (Wildman–Crippen MR) is 111 cm³/mol. The number of amides is 4. The highest BCUT2D eigenvalue weighted by Crippen LogP contribution is 2.18. The van der Waals surface area contributed by atoms with Crippen molar-refractivity contribution >= 4 is 29.6 Å². The minimum Gasteiger partial charge on any atom is -0.455 e. The summed E-state index contributed by atoms with van der Waals surface area (Å²) in [5.74, 6) is -3.75. The van der Waals surface area contributed by atoms with Gasteiger partial charge < -0.3 is 4.74 Å². The van der Waals surface area contributed by atoms with Gasteiger partial charge in [-0.1, -0.05) is 35.9 Å². The van der Waals surface area contributed by atoms with E-state index in [1.54, 1.807) is 54.6 Å². The van der Waals surface area contributed by atoms with Crippen molar-refractivity contribution in [3.8, 4) is 0 Å². The van der Waals surface area contributed by atoms with Gasteiger partial charge >= 0.3 is 5.97 Å². The first kappa shape index (κ1) is 22.5. The summed E-state index contributed by atoms with van der Waals surface area (Å²) in [4.78, 5) is 60.3. The van der Waals surface area contributed by atoms with E-state index in [0.29, 0.717) is 11.1 Å². The molecule has 1 atom stereocenters. The fourth-order valence-electron chi connectivity index (χ4n) is 2.94. The Morgan fingerprint density at radius 1 is 0.938 bits per heavy atom. The molecule has 2 aromatic rings. The molecule has 1 saturated heterocycles. The lowest BCUT2D eigenvalue weighted by atomic mass is 10.1. The number of esters is 1. The predicted octanol–water partition coefficient (Wildman–Crippen LogP) is 0.493. The van der Waals surface area contributed by atoms with Gasteiger partial charge in [-0.25, -0.2) is 0 Å². The molecule has 1 aliphatic rings. The third-order valence-electron chi connectivity index (χ3n) is 4.71. The molecule has 0 aliphatic carbocycles. The number of carbonyl (C=O) groups excluding carboxylic acids is 5. The van der Waals surface area contributed by atoms with Crippen molar-refractivity contribution < 1.29 is 28.7 Å². The minimum atomic E-state index is -0.826. The second kappa shape index (κ2) is 10.2. The van der Waals surface area contributed by atoms with Gasteiger partial charge in [-0.2, -0.15) is 0 Å². The highest BCUT2D eigenvalue weighted by Gasteiger charge is 2.36. The number of benzene rings is 2. The maximum absolute atomic E-state index is 12.3. The van der Waals surface area contributed by atoms with Crippen LogP contribution in [0.1, 0.15) is 32.7 Å². The van der Waals surface area contributed by atoms with Crippen molar-refractivity contribution in [2.24, 2.45) is 5.92 Å². The molecule has 0 aromatic heterocycles. The molecule has 10 heteroatoms. The molecule has 0 unspecified atom stereocenters. The summed E-state index contributed by atoms with van der Waals surface area (Å²) >= 11 is 0. The number of nitrogens with zero attached hydrogens (tertiary/aromatic N) is 1. The molecule has 166 valence electrons. The van der Waals surface area contributed by atoms with Crippen LogP contribution in [0.4, 0.5) is 0 Å². The van der Waals surface area contributed by atoms with Gasteiger partial charge in [0.05, 0.1) is 12.5 Å². The summed E-state index contributed by atoms with van der Waals surface area (Å²) in [7, 11) is 0. The number of rotatable bonds is 6. The number of hydrazine groups is 2. The second-order valence-electron chi connectivity index (χ2n) is 7.19. The lowest BCUT2D eigenvalue weighted by molar-refractivity contribution is -0.152. The van der Waals surface area contributed by atoms with Crippen molar-refractivity contribution in [3.05, 3.63) is 71.3 Å². The summed E-state index contributed by atoms with van der Waals surface area (Å²) < 4.78 is 4.93. The lowest BCUT2D eigenvalue weighted by Crippen LogP contribution is -2.44. The SMILES string of the molecule is Cc1ccc(C(=O)NN2C[C@@H](C(=O)OCC(=O)NNC(=O)c3ccccc3)CC2=O)cc1.